The molecule has 0 bridgehead atoms. The first-order valence-corrected chi connectivity index (χ1v) is 6.48. The minimum atomic E-state index is 0.578. The van der Waals surface area contributed by atoms with Gasteiger partial charge in [-0.25, -0.2) is 0 Å². The van der Waals surface area contributed by atoms with Crippen LogP contribution >= 0.6 is 0 Å². The minimum Gasteiger partial charge on any atom is -0.338 e. The first kappa shape index (κ1) is 12.5. The number of nitrogens with zero attached hydrogens (tertiary/aromatic N) is 3. The summed E-state index contributed by atoms with van der Waals surface area (Å²) in [5, 5.41) is 3.93. The summed E-state index contributed by atoms with van der Waals surface area (Å²) in [6.07, 6.45) is 3.26. The van der Waals surface area contributed by atoms with Crippen molar-refractivity contribution < 1.29 is 4.52 Å². The quantitative estimate of drug-likeness (QED) is 0.853. The van der Waals surface area contributed by atoms with E-state index in [0.29, 0.717) is 12.0 Å². The Morgan fingerprint density at radius 2 is 2.29 bits per heavy atom. The molecule has 17 heavy (non-hydrogen) atoms. The number of aryl methyl sites for hydroxylation is 1. The van der Waals surface area contributed by atoms with Gasteiger partial charge in [0.25, 0.3) is 0 Å². The zero-order valence-corrected chi connectivity index (χ0v) is 10.7. The molecule has 0 amide bonds. The molecule has 2 rings (SSSR count). The standard InChI is InChI=1S/C12H22N4O/c1-3-11-14-12(17-15-11)8-16-7-10(6-13)5-4-9(16)2/h9-10H,3-8,13H2,1-2H3. The lowest BCUT2D eigenvalue weighted by Crippen LogP contribution is -2.43. The summed E-state index contributed by atoms with van der Waals surface area (Å²) in [5.41, 5.74) is 5.75. The van der Waals surface area contributed by atoms with Crippen LogP contribution < -0.4 is 5.73 Å². The van der Waals surface area contributed by atoms with E-state index in [-0.39, 0.29) is 0 Å². The molecule has 0 spiro atoms. The van der Waals surface area contributed by atoms with E-state index in [1.54, 1.807) is 0 Å². The summed E-state index contributed by atoms with van der Waals surface area (Å²) >= 11 is 0. The molecule has 0 aromatic carbocycles. The van der Waals surface area contributed by atoms with Crippen molar-refractivity contribution >= 4 is 0 Å². The van der Waals surface area contributed by atoms with Gasteiger partial charge in [0.05, 0.1) is 6.54 Å². The molecule has 2 unspecified atom stereocenters. The fraction of sp³-hybridized carbons (Fsp3) is 0.833. The maximum Gasteiger partial charge on any atom is 0.240 e. The van der Waals surface area contributed by atoms with Gasteiger partial charge in [-0.3, -0.25) is 4.90 Å². The molecule has 1 aromatic rings. The van der Waals surface area contributed by atoms with Crippen LogP contribution in [0.4, 0.5) is 0 Å². The Kier molecular flexibility index (Phi) is 4.12. The van der Waals surface area contributed by atoms with Crippen LogP contribution in [0.3, 0.4) is 0 Å². The second-order valence-electron chi connectivity index (χ2n) is 4.92. The number of aromatic nitrogens is 2. The summed E-state index contributed by atoms with van der Waals surface area (Å²) in [7, 11) is 0. The Hall–Kier alpha value is -0.940. The maximum absolute atomic E-state index is 5.75. The van der Waals surface area contributed by atoms with Gasteiger partial charge in [-0.05, 0) is 32.2 Å². The van der Waals surface area contributed by atoms with Crippen LogP contribution in [-0.4, -0.2) is 34.2 Å². The van der Waals surface area contributed by atoms with E-state index < -0.39 is 0 Å². The van der Waals surface area contributed by atoms with Gasteiger partial charge in [0.2, 0.25) is 5.89 Å². The van der Waals surface area contributed by atoms with Crippen molar-refractivity contribution in [2.45, 2.75) is 45.7 Å². The number of rotatable bonds is 4. The smallest absolute Gasteiger partial charge is 0.240 e. The van der Waals surface area contributed by atoms with Gasteiger partial charge in [0.1, 0.15) is 0 Å². The highest BCUT2D eigenvalue weighted by Crippen LogP contribution is 2.22. The Morgan fingerprint density at radius 3 is 2.94 bits per heavy atom. The zero-order chi connectivity index (χ0) is 12.3. The molecule has 1 aliphatic heterocycles. The third kappa shape index (κ3) is 3.04. The molecule has 0 aliphatic carbocycles. The molecular formula is C12H22N4O. The van der Waals surface area contributed by atoms with Gasteiger partial charge in [-0.2, -0.15) is 4.98 Å². The van der Waals surface area contributed by atoms with E-state index in [9.17, 15) is 0 Å². The van der Waals surface area contributed by atoms with Crippen LogP contribution in [0, 0.1) is 5.92 Å². The third-order valence-electron chi connectivity index (χ3n) is 3.61. The Balaban J connectivity index is 1.96. The van der Waals surface area contributed by atoms with Gasteiger partial charge >= 0.3 is 0 Å². The predicted molar refractivity (Wildman–Crippen MR) is 65.3 cm³/mol. The minimum absolute atomic E-state index is 0.578. The van der Waals surface area contributed by atoms with Crippen LogP contribution in [0.25, 0.3) is 0 Å². The van der Waals surface area contributed by atoms with E-state index in [4.69, 9.17) is 10.3 Å². The molecule has 2 heterocycles. The molecule has 5 nitrogen and oxygen atoms in total. The number of nitrogens with two attached hydrogens (primary N) is 1. The molecule has 1 saturated heterocycles. The van der Waals surface area contributed by atoms with Crippen molar-refractivity contribution in [3.05, 3.63) is 11.7 Å². The number of hydrogen-bond donors (Lipinski definition) is 1. The summed E-state index contributed by atoms with van der Waals surface area (Å²) in [6.45, 7) is 6.85. The van der Waals surface area contributed by atoms with Crippen LogP contribution in [0.5, 0.6) is 0 Å². The van der Waals surface area contributed by atoms with Gasteiger partial charge in [0, 0.05) is 19.0 Å². The Labute approximate surface area is 102 Å². The van der Waals surface area contributed by atoms with Crippen LogP contribution in [-0.2, 0) is 13.0 Å². The second-order valence-corrected chi connectivity index (χ2v) is 4.92. The Bertz CT molecular complexity index is 352. The zero-order valence-electron chi connectivity index (χ0n) is 10.7. The van der Waals surface area contributed by atoms with Crippen molar-refractivity contribution in [2.75, 3.05) is 13.1 Å². The number of likely N-dealkylation sites (tertiary alicyclic amines) is 1. The fourth-order valence-corrected chi connectivity index (χ4v) is 2.35. The van der Waals surface area contributed by atoms with E-state index in [0.717, 1.165) is 37.8 Å². The van der Waals surface area contributed by atoms with Crippen molar-refractivity contribution in [3.63, 3.8) is 0 Å². The second kappa shape index (κ2) is 5.60. The molecular weight excluding hydrogens is 216 g/mol. The topological polar surface area (TPSA) is 68.2 Å². The van der Waals surface area contributed by atoms with Crippen molar-refractivity contribution in [2.24, 2.45) is 11.7 Å². The lowest BCUT2D eigenvalue weighted by molar-refractivity contribution is 0.100. The molecule has 1 aliphatic rings. The van der Waals surface area contributed by atoms with Crippen LogP contribution in [0.1, 0.15) is 38.4 Å². The average molecular weight is 238 g/mol. The lowest BCUT2D eigenvalue weighted by Gasteiger charge is -2.36. The summed E-state index contributed by atoms with van der Waals surface area (Å²) < 4.78 is 5.24. The van der Waals surface area contributed by atoms with Gasteiger partial charge in [-0.15, -0.1) is 0 Å². The summed E-state index contributed by atoms with van der Waals surface area (Å²) in [4.78, 5) is 6.75. The highest BCUT2D eigenvalue weighted by Gasteiger charge is 2.25. The molecule has 0 radical (unpaired) electrons. The van der Waals surface area contributed by atoms with Gasteiger partial charge < -0.3 is 10.3 Å². The first-order chi connectivity index (χ1) is 8.22. The Morgan fingerprint density at radius 1 is 1.47 bits per heavy atom. The van der Waals surface area contributed by atoms with E-state index in [1.807, 2.05) is 6.92 Å². The maximum atomic E-state index is 5.75. The first-order valence-electron chi connectivity index (χ1n) is 6.48. The fourth-order valence-electron chi connectivity index (χ4n) is 2.35. The predicted octanol–water partition coefficient (Wildman–Crippen LogP) is 1.19. The van der Waals surface area contributed by atoms with E-state index in [1.165, 1.54) is 12.8 Å². The lowest BCUT2D eigenvalue weighted by atomic mass is 9.93. The average Bonchev–Trinajstić information content (AvgIpc) is 2.80. The largest absolute Gasteiger partial charge is 0.338 e. The number of piperidine rings is 1. The van der Waals surface area contributed by atoms with Crippen molar-refractivity contribution in [3.8, 4) is 0 Å². The van der Waals surface area contributed by atoms with Crippen LogP contribution in [0.2, 0.25) is 0 Å². The third-order valence-corrected chi connectivity index (χ3v) is 3.61. The van der Waals surface area contributed by atoms with Crippen molar-refractivity contribution in [1.82, 2.24) is 15.0 Å². The molecule has 2 N–H and O–H groups in total. The molecule has 0 saturated carbocycles. The molecule has 1 aromatic heterocycles. The highest BCUT2D eigenvalue weighted by molar-refractivity contribution is 4.88. The normalized spacial score (nSPS) is 26.3. The van der Waals surface area contributed by atoms with Crippen molar-refractivity contribution in [1.29, 1.82) is 0 Å². The monoisotopic (exact) mass is 238 g/mol. The summed E-state index contributed by atoms with van der Waals surface area (Å²) in [6, 6.07) is 0.578. The molecule has 96 valence electrons. The summed E-state index contributed by atoms with van der Waals surface area (Å²) in [5.74, 6) is 2.13. The van der Waals surface area contributed by atoms with E-state index in [2.05, 4.69) is 22.0 Å². The molecule has 5 heteroatoms. The highest BCUT2D eigenvalue weighted by atomic mass is 16.5. The molecule has 2 atom stereocenters. The van der Waals surface area contributed by atoms with Gasteiger partial charge in [0.15, 0.2) is 5.82 Å². The van der Waals surface area contributed by atoms with Crippen LogP contribution in [0.15, 0.2) is 4.52 Å². The SMILES string of the molecule is CCc1noc(CN2CC(CN)CCC2C)n1. The van der Waals surface area contributed by atoms with E-state index >= 15 is 0 Å². The van der Waals surface area contributed by atoms with Gasteiger partial charge in [-0.1, -0.05) is 12.1 Å². The molecule has 1 fully saturated rings. The number of hydrogen-bond acceptors (Lipinski definition) is 5.